The summed E-state index contributed by atoms with van der Waals surface area (Å²) in [5, 5.41) is 3.52. The van der Waals surface area contributed by atoms with Crippen molar-refractivity contribution < 1.29 is 9.47 Å². The van der Waals surface area contributed by atoms with Crippen LogP contribution in [0.4, 0.5) is 0 Å². The Hall–Kier alpha value is -1.52. The Morgan fingerprint density at radius 3 is 2.85 bits per heavy atom. The van der Waals surface area contributed by atoms with Crippen LogP contribution in [-0.4, -0.2) is 6.79 Å². The quantitative estimate of drug-likeness (QED) is 0.916. The van der Waals surface area contributed by atoms with Crippen LogP contribution in [0.25, 0.3) is 0 Å². The minimum Gasteiger partial charge on any atom is -0.454 e. The van der Waals surface area contributed by atoms with E-state index in [1.165, 1.54) is 11.1 Å². The van der Waals surface area contributed by atoms with E-state index in [2.05, 4.69) is 52.4 Å². The second kappa shape index (κ2) is 5.85. The van der Waals surface area contributed by atoms with E-state index in [0.717, 1.165) is 22.5 Å². The van der Waals surface area contributed by atoms with Gasteiger partial charge >= 0.3 is 0 Å². The van der Waals surface area contributed by atoms with Crippen LogP contribution in [0.5, 0.6) is 11.5 Å². The Morgan fingerprint density at radius 1 is 1.15 bits per heavy atom. The third kappa shape index (κ3) is 2.97. The fraction of sp³-hybridized carbons (Fsp3) is 0.250. The molecule has 1 aliphatic heterocycles. The maximum atomic E-state index is 5.39. The summed E-state index contributed by atoms with van der Waals surface area (Å²) in [6, 6.07) is 14.7. The van der Waals surface area contributed by atoms with Crippen molar-refractivity contribution in [1.82, 2.24) is 5.32 Å². The molecule has 4 heteroatoms. The Morgan fingerprint density at radius 2 is 2.00 bits per heavy atom. The van der Waals surface area contributed by atoms with Crippen LogP contribution < -0.4 is 14.8 Å². The molecular formula is C16H16BrNO2. The zero-order valence-electron chi connectivity index (χ0n) is 11.2. The van der Waals surface area contributed by atoms with Gasteiger partial charge < -0.3 is 14.8 Å². The maximum absolute atomic E-state index is 5.39. The normalized spacial score (nSPS) is 14.3. The highest BCUT2D eigenvalue weighted by Crippen LogP contribution is 2.32. The number of nitrogens with one attached hydrogen (secondary N) is 1. The van der Waals surface area contributed by atoms with Crippen LogP contribution >= 0.6 is 15.9 Å². The molecule has 3 rings (SSSR count). The SMILES string of the molecule is C[C@H](NCc1ccc2c(c1)OCO2)c1cccc(Br)c1. The highest BCUT2D eigenvalue weighted by Gasteiger charge is 2.13. The Labute approximate surface area is 127 Å². The van der Waals surface area contributed by atoms with Gasteiger partial charge in [-0.15, -0.1) is 0 Å². The topological polar surface area (TPSA) is 30.5 Å². The molecule has 0 aliphatic carbocycles. The first-order valence-corrected chi connectivity index (χ1v) is 7.39. The van der Waals surface area contributed by atoms with Gasteiger partial charge in [0.15, 0.2) is 11.5 Å². The fourth-order valence-corrected chi connectivity index (χ4v) is 2.63. The van der Waals surface area contributed by atoms with Gasteiger partial charge in [0.05, 0.1) is 0 Å². The highest BCUT2D eigenvalue weighted by molar-refractivity contribution is 9.10. The van der Waals surface area contributed by atoms with E-state index in [9.17, 15) is 0 Å². The van der Waals surface area contributed by atoms with Crippen molar-refractivity contribution in [2.24, 2.45) is 0 Å². The lowest BCUT2D eigenvalue weighted by atomic mass is 10.1. The predicted octanol–water partition coefficient (Wildman–Crippen LogP) is 4.03. The Kier molecular flexibility index (Phi) is 3.94. The number of fused-ring (bicyclic) bond motifs is 1. The first kappa shape index (κ1) is 13.5. The molecule has 1 heterocycles. The molecule has 1 N–H and O–H groups in total. The van der Waals surface area contributed by atoms with Crippen molar-refractivity contribution in [3.05, 3.63) is 58.1 Å². The largest absolute Gasteiger partial charge is 0.454 e. The third-order valence-electron chi connectivity index (χ3n) is 3.40. The lowest BCUT2D eigenvalue weighted by Gasteiger charge is -2.15. The van der Waals surface area contributed by atoms with E-state index < -0.39 is 0 Å². The van der Waals surface area contributed by atoms with Gasteiger partial charge in [-0.3, -0.25) is 0 Å². The molecule has 0 spiro atoms. The summed E-state index contributed by atoms with van der Waals surface area (Å²) in [6.45, 7) is 3.28. The van der Waals surface area contributed by atoms with Crippen LogP contribution in [0, 0.1) is 0 Å². The van der Waals surface area contributed by atoms with Crippen LogP contribution in [0.15, 0.2) is 46.9 Å². The second-order valence-corrected chi connectivity index (χ2v) is 5.76. The number of hydrogen-bond acceptors (Lipinski definition) is 3. The zero-order valence-corrected chi connectivity index (χ0v) is 12.8. The Bertz CT molecular complexity index is 615. The molecule has 0 saturated carbocycles. The highest BCUT2D eigenvalue weighted by atomic mass is 79.9. The molecular weight excluding hydrogens is 318 g/mol. The molecule has 3 nitrogen and oxygen atoms in total. The first-order valence-electron chi connectivity index (χ1n) is 6.60. The number of benzene rings is 2. The minimum atomic E-state index is 0.290. The molecule has 0 aromatic heterocycles. The van der Waals surface area contributed by atoms with Gasteiger partial charge in [0.1, 0.15) is 0 Å². The fourth-order valence-electron chi connectivity index (χ4n) is 2.22. The van der Waals surface area contributed by atoms with E-state index in [0.29, 0.717) is 6.79 Å². The van der Waals surface area contributed by atoms with Crippen molar-refractivity contribution in [3.63, 3.8) is 0 Å². The van der Waals surface area contributed by atoms with Crippen molar-refractivity contribution in [2.45, 2.75) is 19.5 Å². The number of hydrogen-bond donors (Lipinski definition) is 1. The van der Waals surface area contributed by atoms with E-state index in [4.69, 9.17) is 9.47 Å². The van der Waals surface area contributed by atoms with Gasteiger partial charge in [-0.05, 0) is 42.3 Å². The van der Waals surface area contributed by atoms with Crippen LogP contribution in [0.3, 0.4) is 0 Å². The molecule has 0 radical (unpaired) electrons. The maximum Gasteiger partial charge on any atom is 0.231 e. The monoisotopic (exact) mass is 333 g/mol. The van der Waals surface area contributed by atoms with Gasteiger partial charge in [0.25, 0.3) is 0 Å². The molecule has 0 bridgehead atoms. The average Bonchev–Trinajstić information content (AvgIpc) is 2.92. The summed E-state index contributed by atoms with van der Waals surface area (Å²) in [7, 11) is 0. The summed E-state index contributed by atoms with van der Waals surface area (Å²) >= 11 is 3.50. The first-order chi connectivity index (χ1) is 9.72. The summed E-state index contributed by atoms with van der Waals surface area (Å²) in [5.74, 6) is 1.66. The molecule has 2 aromatic rings. The summed E-state index contributed by atoms with van der Waals surface area (Å²) in [6.07, 6.45) is 0. The van der Waals surface area contributed by atoms with E-state index >= 15 is 0 Å². The minimum absolute atomic E-state index is 0.290. The van der Waals surface area contributed by atoms with Gasteiger partial charge in [0, 0.05) is 17.1 Å². The van der Waals surface area contributed by atoms with Gasteiger partial charge in [-0.25, -0.2) is 0 Å². The van der Waals surface area contributed by atoms with Crippen molar-refractivity contribution in [2.75, 3.05) is 6.79 Å². The van der Waals surface area contributed by atoms with Crippen molar-refractivity contribution >= 4 is 15.9 Å². The molecule has 0 unspecified atom stereocenters. The zero-order chi connectivity index (χ0) is 13.9. The van der Waals surface area contributed by atoms with E-state index in [1.807, 2.05) is 18.2 Å². The lowest BCUT2D eigenvalue weighted by molar-refractivity contribution is 0.174. The molecule has 20 heavy (non-hydrogen) atoms. The molecule has 1 atom stereocenters. The van der Waals surface area contributed by atoms with E-state index in [1.54, 1.807) is 0 Å². The smallest absolute Gasteiger partial charge is 0.231 e. The van der Waals surface area contributed by atoms with Crippen LogP contribution in [-0.2, 0) is 6.54 Å². The number of ether oxygens (including phenoxy) is 2. The standard InChI is InChI=1S/C16H16BrNO2/c1-11(13-3-2-4-14(17)8-13)18-9-12-5-6-15-16(7-12)20-10-19-15/h2-8,11,18H,9-10H2,1H3/t11-/m0/s1. The number of rotatable bonds is 4. The molecule has 104 valence electrons. The van der Waals surface area contributed by atoms with Gasteiger partial charge in [0.2, 0.25) is 6.79 Å². The van der Waals surface area contributed by atoms with Crippen molar-refractivity contribution in [1.29, 1.82) is 0 Å². The second-order valence-electron chi connectivity index (χ2n) is 4.85. The average molecular weight is 334 g/mol. The predicted molar refractivity (Wildman–Crippen MR) is 82.0 cm³/mol. The molecule has 0 saturated heterocycles. The molecule has 1 aliphatic rings. The third-order valence-corrected chi connectivity index (χ3v) is 3.89. The summed E-state index contributed by atoms with van der Waals surface area (Å²) < 4.78 is 11.8. The van der Waals surface area contributed by atoms with Gasteiger partial charge in [-0.2, -0.15) is 0 Å². The van der Waals surface area contributed by atoms with Crippen LogP contribution in [0.1, 0.15) is 24.1 Å². The molecule has 0 amide bonds. The Balaban J connectivity index is 1.64. The van der Waals surface area contributed by atoms with E-state index in [-0.39, 0.29) is 6.04 Å². The number of halogens is 1. The van der Waals surface area contributed by atoms with Crippen molar-refractivity contribution in [3.8, 4) is 11.5 Å². The van der Waals surface area contributed by atoms with Crippen LogP contribution in [0.2, 0.25) is 0 Å². The summed E-state index contributed by atoms with van der Waals surface area (Å²) in [5.41, 5.74) is 2.45. The lowest BCUT2D eigenvalue weighted by Crippen LogP contribution is -2.18. The summed E-state index contributed by atoms with van der Waals surface area (Å²) in [4.78, 5) is 0. The molecule has 0 fully saturated rings. The molecule has 2 aromatic carbocycles. The van der Waals surface area contributed by atoms with Gasteiger partial charge in [-0.1, -0.05) is 34.1 Å².